The van der Waals surface area contributed by atoms with Gasteiger partial charge in [0.1, 0.15) is 11.5 Å². The summed E-state index contributed by atoms with van der Waals surface area (Å²) in [6, 6.07) is 14.4. The van der Waals surface area contributed by atoms with Crippen LogP contribution in [0.1, 0.15) is 29.5 Å². The van der Waals surface area contributed by atoms with Crippen LogP contribution in [-0.4, -0.2) is 38.1 Å². The van der Waals surface area contributed by atoms with Crippen LogP contribution in [0.2, 0.25) is 0 Å². The highest BCUT2D eigenvalue weighted by molar-refractivity contribution is 5.76. The Morgan fingerprint density at radius 1 is 1.14 bits per heavy atom. The highest BCUT2D eigenvalue weighted by atomic mass is 16.5. The summed E-state index contributed by atoms with van der Waals surface area (Å²) in [5, 5.41) is 3.49. The van der Waals surface area contributed by atoms with Crippen LogP contribution in [0.15, 0.2) is 42.5 Å². The third-order valence-electron chi connectivity index (χ3n) is 5.44. The molecule has 3 rings (SSSR count). The topological polar surface area (TPSA) is 76.8 Å². The number of likely N-dealkylation sites (tertiary alicyclic amines) is 1. The van der Waals surface area contributed by atoms with E-state index in [9.17, 15) is 4.79 Å². The first-order valence-electron chi connectivity index (χ1n) is 10.1. The van der Waals surface area contributed by atoms with Gasteiger partial charge in [0.05, 0.1) is 20.1 Å². The normalized spacial score (nSPS) is 17.1. The van der Waals surface area contributed by atoms with Crippen molar-refractivity contribution in [3.8, 4) is 11.5 Å². The van der Waals surface area contributed by atoms with Crippen LogP contribution >= 0.6 is 0 Å². The van der Waals surface area contributed by atoms with Crippen molar-refractivity contribution < 1.29 is 14.3 Å². The summed E-state index contributed by atoms with van der Waals surface area (Å²) in [5.74, 6) is 1.47. The van der Waals surface area contributed by atoms with Crippen LogP contribution in [-0.2, 0) is 24.4 Å². The van der Waals surface area contributed by atoms with E-state index in [0.717, 1.165) is 56.1 Å². The van der Waals surface area contributed by atoms with Gasteiger partial charge in [-0.2, -0.15) is 0 Å². The minimum atomic E-state index is -0.180. The molecule has 1 saturated heterocycles. The van der Waals surface area contributed by atoms with Gasteiger partial charge in [-0.05, 0) is 48.7 Å². The molecule has 3 N–H and O–H groups in total. The molecule has 1 amide bonds. The summed E-state index contributed by atoms with van der Waals surface area (Å²) >= 11 is 0. The second kappa shape index (κ2) is 10.3. The van der Waals surface area contributed by atoms with Crippen molar-refractivity contribution in [2.75, 3.05) is 27.3 Å². The lowest BCUT2D eigenvalue weighted by atomic mass is 9.97. The van der Waals surface area contributed by atoms with E-state index in [0.29, 0.717) is 6.54 Å². The van der Waals surface area contributed by atoms with E-state index >= 15 is 0 Å². The summed E-state index contributed by atoms with van der Waals surface area (Å²) in [5.41, 5.74) is 9.05. The minimum absolute atomic E-state index is 0.0218. The average Bonchev–Trinajstić information content (AvgIpc) is 2.74. The monoisotopic (exact) mass is 397 g/mol. The Bertz CT molecular complexity index is 825. The van der Waals surface area contributed by atoms with Crippen LogP contribution in [0.25, 0.3) is 0 Å². The number of hydrogen-bond acceptors (Lipinski definition) is 5. The van der Waals surface area contributed by atoms with Crippen molar-refractivity contribution in [1.82, 2.24) is 10.2 Å². The lowest BCUT2D eigenvalue weighted by Gasteiger charge is -2.31. The number of nitrogens with two attached hydrogens (primary N) is 1. The Hall–Kier alpha value is -2.57. The molecule has 1 unspecified atom stereocenters. The maximum atomic E-state index is 11.5. The molecule has 0 bridgehead atoms. The van der Waals surface area contributed by atoms with Gasteiger partial charge < -0.3 is 20.5 Å². The zero-order chi connectivity index (χ0) is 20.6. The number of piperidine rings is 1. The molecule has 0 aliphatic carbocycles. The fourth-order valence-corrected chi connectivity index (χ4v) is 3.89. The predicted octanol–water partition coefficient (Wildman–Crippen LogP) is 2.69. The Labute approximate surface area is 173 Å². The van der Waals surface area contributed by atoms with Gasteiger partial charge in [0.2, 0.25) is 5.91 Å². The molecule has 2 aromatic rings. The lowest BCUT2D eigenvalue weighted by molar-refractivity contribution is -0.123. The quantitative estimate of drug-likeness (QED) is 0.680. The van der Waals surface area contributed by atoms with Crippen molar-refractivity contribution >= 4 is 5.91 Å². The SMILES string of the molecule is COc1ccc(OC)c(CNCc2cccc(CN3CCCC(C(N)=O)C3)c2)c1. The number of carbonyl (C=O) groups excluding carboxylic acids is 1. The smallest absolute Gasteiger partial charge is 0.221 e. The zero-order valence-electron chi connectivity index (χ0n) is 17.3. The van der Waals surface area contributed by atoms with Gasteiger partial charge in [-0.15, -0.1) is 0 Å². The van der Waals surface area contributed by atoms with Gasteiger partial charge >= 0.3 is 0 Å². The molecule has 0 radical (unpaired) electrons. The summed E-state index contributed by atoms with van der Waals surface area (Å²) in [7, 11) is 3.34. The minimum Gasteiger partial charge on any atom is -0.497 e. The number of methoxy groups -OCH3 is 2. The van der Waals surface area contributed by atoms with E-state index < -0.39 is 0 Å². The number of benzene rings is 2. The van der Waals surface area contributed by atoms with E-state index in [2.05, 4.69) is 34.5 Å². The molecular formula is C23H31N3O3. The van der Waals surface area contributed by atoms with Crippen molar-refractivity contribution in [1.29, 1.82) is 0 Å². The Morgan fingerprint density at radius 3 is 2.72 bits per heavy atom. The maximum Gasteiger partial charge on any atom is 0.221 e. The molecule has 29 heavy (non-hydrogen) atoms. The highest BCUT2D eigenvalue weighted by Gasteiger charge is 2.23. The molecule has 2 aromatic carbocycles. The van der Waals surface area contributed by atoms with Crippen molar-refractivity contribution in [2.45, 2.75) is 32.5 Å². The van der Waals surface area contributed by atoms with Crippen LogP contribution < -0.4 is 20.5 Å². The summed E-state index contributed by atoms with van der Waals surface area (Å²) in [6.45, 7) is 4.08. The zero-order valence-corrected chi connectivity index (χ0v) is 17.3. The molecule has 0 aromatic heterocycles. The number of amides is 1. The number of nitrogens with zero attached hydrogens (tertiary/aromatic N) is 1. The third kappa shape index (κ3) is 5.95. The summed E-state index contributed by atoms with van der Waals surface area (Å²) < 4.78 is 10.8. The first-order valence-corrected chi connectivity index (χ1v) is 10.1. The molecule has 1 heterocycles. The Balaban J connectivity index is 1.56. The van der Waals surface area contributed by atoms with E-state index in [1.54, 1.807) is 14.2 Å². The molecule has 1 aliphatic rings. The molecule has 0 saturated carbocycles. The largest absolute Gasteiger partial charge is 0.497 e. The number of rotatable bonds is 9. The molecule has 1 atom stereocenters. The summed E-state index contributed by atoms with van der Waals surface area (Å²) in [6.07, 6.45) is 1.93. The molecule has 6 nitrogen and oxygen atoms in total. The van der Waals surface area contributed by atoms with Gasteiger partial charge in [0.15, 0.2) is 0 Å². The van der Waals surface area contributed by atoms with E-state index in [-0.39, 0.29) is 11.8 Å². The highest BCUT2D eigenvalue weighted by Crippen LogP contribution is 2.24. The Kier molecular flexibility index (Phi) is 7.49. The van der Waals surface area contributed by atoms with Gasteiger partial charge in [-0.25, -0.2) is 0 Å². The predicted molar refractivity (Wildman–Crippen MR) is 114 cm³/mol. The first-order chi connectivity index (χ1) is 14.1. The van der Waals surface area contributed by atoms with Gasteiger partial charge in [-0.3, -0.25) is 9.69 Å². The second-order valence-electron chi connectivity index (χ2n) is 7.58. The van der Waals surface area contributed by atoms with Crippen LogP contribution in [0.4, 0.5) is 0 Å². The molecule has 156 valence electrons. The fourth-order valence-electron chi connectivity index (χ4n) is 3.89. The van der Waals surface area contributed by atoms with E-state index in [1.165, 1.54) is 11.1 Å². The molecule has 6 heteroatoms. The van der Waals surface area contributed by atoms with Crippen LogP contribution in [0.5, 0.6) is 11.5 Å². The van der Waals surface area contributed by atoms with E-state index in [4.69, 9.17) is 15.2 Å². The lowest BCUT2D eigenvalue weighted by Crippen LogP contribution is -2.40. The molecule has 0 spiro atoms. The van der Waals surface area contributed by atoms with Crippen molar-refractivity contribution in [3.63, 3.8) is 0 Å². The first kappa shape index (κ1) is 21.1. The molecule has 1 fully saturated rings. The standard InChI is InChI=1S/C23H31N3O3/c1-28-21-8-9-22(29-2)20(12-21)14-25-13-17-5-3-6-18(11-17)15-26-10-4-7-19(16-26)23(24)27/h3,5-6,8-9,11-12,19,25H,4,7,10,13-16H2,1-2H3,(H2,24,27). The number of ether oxygens (including phenoxy) is 2. The number of nitrogens with one attached hydrogen (secondary N) is 1. The molecular weight excluding hydrogens is 366 g/mol. The average molecular weight is 398 g/mol. The van der Waals surface area contributed by atoms with Gasteiger partial charge in [-0.1, -0.05) is 24.3 Å². The van der Waals surface area contributed by atoms with Crippen molar-refractivity contribution in [3.05, 3.63) is 59.2 Å². The Morgan fingerprint density at radius 2 is 1.97 bits per heavy atom. The van der Waals surface area contributed by atoms with Crippen LogP contribution in [0.3, 0.4) is 0 Å². The summed E-state index contributed by atoms with van der Waals surface area (Å²) in [4.78, 5) is 13.8. The van der Waals surface area contributed by atoms with E-state index in [1.807, 2.05) is 18.2 Å². The third-order valence-corrected chi connectivity index (χ3v) is 5.44. The number of carbonyl (C=O) groups is 1. The van der Waals surface area contributed by atoms with Gasteiger partial charge in [0.25, 0.3) is 0 Å². The number of hydrogen-bond donors (Lipinski definition) is 2. The maximum absolute atomic E-state index is 11.5. The van der Waals surface area contributed by atoms with Crippen molar-refractivity contribution in [2.24, 2.45) is 11.7 Å². The van der Waals surface area contributed by atoms with Crippen LogP contribution in [0, 0.1) is 5.92 Å². The molecule has 1 aliphatic heterocycles. The second-order valence-corrected chi connectivity index (χ2v) is 7.58. The van der Waals surface area contributed by atoms with Gasteiger partial charge in [0, 0.05) is 31.7 Å². The number of primary amides is 1. The fraction of sp³-hybridized carbons (Fsp3) is 0.435.